The molecule has 1 aromatic carbocycles. The lowest BCUT2D eigenvalue weighted by Gasteiger charge is -2.15. The van der Waals surface area contributed by atoms with Crippen molar-refractivity contribution in [3.05, 3.63) is 47.3 Å². The van der Waals surface area contributed by atoms with Crippen LogP contribution < -0.4 is 11.1 Å². The Bertz CT molecular complexity index is 850. The first kappa shape index (κ1) is 16.6. The van der Waals surface area contributed by atoms with Crippen LogP contribution in [-0.2, 0) is 6.54 Å². The SMILES string of the molecule is C[C@H](NCCCn1cnc2c(N)ncnc21)c1ccc(F)c(Cl)c1. The molecule has 6 nitrogen and oxygen atoms in total. The van der Waals surface area contributed by atoms with Crippen molar-refractivity contribution in [1.82, 2.24) is 24.8 Å². The molecule has 0 saturated carbocycles. The van der Waals surface area contributed by atoms with Crippen LogP contribution in [0.5, 0.6) is 0 Å². The van der Waals surface area contributed by atoms with E-state index in [1.807, 2.05) is 11.5 Å². The smallest absolute Gasteiger partial charge is 0.165 e. The molecule has 1 atom stereocenters. The summed E-state index contributed by atoms with van der Waals surface area (Å²) in [5, 5.41) is 3.54. The van der Waals surface area contributed by atoms with Gasteiger partial charge < -0.3 is 15.6 Å². The van der Waals surface area contributed by atoms with E-state index >= 15 is 0 Å². The van der Waals surface area contributed by atoms with E-state index in [1.165, 1.54) is 12.4 Å². The Balaban J connectivity index is 1.54. The lowest BCUT2D eigenvalue weighted by molar-refractivity contribution is 0.528. The second-order valence-electron chi connectivity index (χ2n) is 5.57. The molecule has 0 unspecified atom stereocenters. The normalized spacial score (nSPS) is 12.6. The number of halogens is 2. The predicted octanol–water partition coefficient (Wildman–Crippen LogP) is 2.94. The number of aromatic nitrogens is 4. The third-order valence-electron chi connectivity index (χ3n) is 3.90. The summed E-state index contributed by atoms with van der Waals surface area (Å²) in [6.45, 7) is 3.57. The molecule has 24 heavy (non-hydrogen) atoms. The third kappa shape index (κ3) is 3.47. The molecule has 126 valence electrons. The standard InChI is InChI=1S/C16H18ClFN6/c1-10(11-3-4-13(18)12(17)7-11)20-5-2-6-24-9-23-14-15(19)21-8-22-16(14)24/h3-4,7-10,20H,2,5-6H2,1H3,(H2,19,21,22)/t10-/m0/s1. The highest BCUT2D eigenvalue weighted by atomic mass is 35.5. The average molecular weight is 349 g/mol. The molecular weight excluding hydrogens is 331 g/mol. The molecule has 3 aromatic rings. The summed E-state index contributed by atoms with van der Waals surface area (Å²) in [6.07, 6.45) is 4.04. The van der Waals surface area contributed by atoms with E-state index in [4.69, 9.17) is 17.3 Å². The van der Waals surface area contributed by atoms with E-state index in [1.54, 1.807) is 18.5 Å². The van der Waals surface area contributed by atoms with Gasteiger partial charge in [-0.3, -0.25) is 0 Å². The quantitative estimate of drug-likeness (QED) is 0.669. The van der Waals surface area contributed by atoms with Gasteiger partial charge in [0.05, 0.1) is 11.3 Å². The molecule has 0 fully saturated rings. The third-order valence-corrected chi connectivity index (χ3v) is 4.19. The number of nitrogen functional groups attached to an aromatic ring is 1. The van der Waals surface area contributed by atoms with Gasteiger partial charge in [-0.05, 0) is 37.6 Å². The van der Waals surface area contributed by atoms with Crippen molar-refractivity contribution in [1.29, 1.82) is 0 Å². The first-order valence-corrected chi connectivity index (χ1v) is 8.03. The lowest BCUT2D eigenvalue weighted by Crippen LogP contribution is -2.21. The first-order valence-electron chi connectivity index (χ1n) is 7.66. The molecule has 0 spiro atoms. The van der Waals surface area contributed by atoms with Crippen molar-refractivity contribution in [3.63, 3.8) is 0 Å². The number of imidazole rings is 1. The van der Waals surface area contributed by atoms with E-state index in [-0.39, 0.29) is 11.1 Å². The van der Waals surface area contributed by atoms with E-state index in [0.717, 1.165) is 30.7 Å². The summed E-state index contributed by atoms with van der Waals surface area (Å²) in [6, 6.07) is 4.86. The van der Waals surface area contributed by atoms with Crippen molar-refractivity contribution in [2.45, 2.75) is 25.9 Å². The number of nitrogens with two attached hydrogens (primary N) is 1. The average Bonchev–Trinajstić information content (AvgIpc) is 2.98. The summed E-state index contributed by atoms with van der Waals surface area (Å²) in [5.41, 5.74) is 8.09. The Kier molecular flexibility index (Phi) is 4.92. The van der Waals surface area contributed by atoms with E-state index in [2.05, 4.69) is 20.3 Å². The van der Waals surface area contributed by atoms with E-state index in [9.17, 15) is 4.39 Å². The molecule has 3 rings (SSSR count). The number of rotatable bonds is 6. The predicted molar refractivity (Wildman–Crippen MR) is 92.2 cm³/mol. The van der Waals surface area contributed by atoms with Gasteiger partial charge in [0.1, 0.15) is 17.7 Å². The highest BCUT2D eigenvalue weighted by Crippen LogP contribution is 2.20. The van der Waals surface area contributed by atoms with Gasteiger partial charge in [-0.2, -0.15) is 0 Å². The summed E-state index contributed by atoms with van der Waals surface area (Å²) in [5.74, 6) is -0.0143. The number of nitrogens with one attached hydrogen (secondary N) is 1. The molecule has 0 radical (unpaired) electrons. The van der Waals surface area contributed by atoms with Crippen molar-refractivity contribution >= 4 is 28.6 Å². The van der Waals surface area contributed by atoms with Crippen LogP contribution in [0, 0.1) is 5.82 Å². The zero-order valence-corrected chi connectivity index (χ0v) is 14.0. The van der Waals surface area contributed by atoms with Crippen LogP contribution in [0.15, 0.2) is 30.9 Å². The van der Waals surface area contributed by atoms with Crippen molar-refractivity contribution in [2.75, 3.05) is 12.3 Å². The van der Waals surface area contributed by atoms with Gasteiger partial charge in [-0.25, -0.2) is 19.3 Å². The van der Waals surface area contributed by atoms with Crippen LogP contribution in [0.4, 0.5) is 10.2 Å². The number of anilines is 1. The fraction of sp³-hybridized carbons (Fsp3) is 0.312. The molecule has 0 aliphatic carbocycles. The van der Waals surface area contributed by atoms with Gasteiger partial charge in [0.25, 0.3) is 0 Å². The van der Waals surface area contributed by atoms with Gasteiger partial charge in [-0.1, -0.05) is 17.7 Å². The largest absolute Gasteiger partial charge is 0.382 e. The molecule has 0 aliphatic rings. The van der Waals surface area contributed by atoms with Gasteiger partial charge in [0.2, 0.25) is 0 Å². The molecule has 2 heterocycles. The van der Waals surface area contributed by atoms with Crippen molar-refractivity contribution < 1.29 is 4.39 Å². The van der Waals surface area contributed by atoms with E-state index < -0.39 is 5.82 Å². The molecule has 0 bridgehead atoms. The van der Waals surface area contributed by atoms with Crippen LogP contribution >= 0.6 is 11.6 Å². The van der Waals surface area contributed by atoms with Crippen LogP contribution in [0.3, 0.4) is 0 Å². The number of hydrogen-bond acceptors (Lipinski definition) is 5. The Labute approximate surface area is 143 Å². The summed E-state index contributed by atoms with van der Waals surface area (Å²) in [7, 11) is 0. The van der Waals surface area contributed by atoms with Crippen LogP contribution in [0.1, 0.15) is 24.9 Å². The van der Waals surface area contributed by atoms with Gasteiger partial charge in [0.15, 0.2) is 11.5 Å². The number of nitrogens with zero attached hydrogens (tertiary/aromatic N) is 4. The van der Waals surface area contributed by atoms with Gasteiger partial charge in [-0.15, -0.1) is 0 Å². The minimum atomic E-state index is -0.402. The Hall–Kier alpha value is -2.25. The maximum absolute atomic E-state index is 13.2. The minimum absolute atomic E-state index is 0.0839. The van der Waals surface area contributed by atoms with Gasteiger partial charge >= 0.3 is 0 Å². The number of hydrogen-bond donors (Lipinski definition) is 2. The molecule has 3 N–H and O–H groups in total. The second-order valence-corrected chi connectivity index (χ2v) is 5.98. The first-order chi connectivity index (χ1) is 11.6. The fourth-order valence-corrected chi connectivity index (χ4v) is 2.72. The van der Waals surface area contributed by atoms with E-state index in [0.29, 0.717) is 11.3 Å². The van der Waals surface area contributed by atoms with Crippen LogP contribution in [-0.4, -0.2) is 26.1 Å². The zero-order chi connectivity index (χ0) is 17.1. The topological polar surface area (TPSA) is 81.7 Å². The fourth-order valence-electron chi connectivity index (χ4n) is 2.53. The number of aryl methyl sites for hydroxylation is 1. The highest BCUT2D eigenvalue weighted by Gasteiger charge is 2.09. The maximum atomic E-state index is 13.2. The molecule has 2 aromatic heterocycles. The van der Waals surface area contributed by atoms with Crippen molar-refractivity contribution in [3.8, 4) is 0 Å². The summed E-state index contributed by atoms with van der Waals surface area (Å²) >= 11 is 5.82. The Morgan fingerprint density at radius 1 is 1.33 bits per heavy atom. The summed E-state index contributed by atoms with van der Waals surface area (Å²) < 4.78 is 15.2. The lowest BCUT2D eigenvalue weighted by atomic mass is 10.1. The summed E-state index contributed by atoms with van der Waals surface area (Å²) in [4.78, 5) is 12.4. The number of fused-ring (bicyclic) bond motifs is 1. The molecule has 8 heteroatoms. The second kappa shape index (κ2) is 7.11. The molecular formula is C16H18ClFN6. The molecule has 0 amide bonds. The van der Waals surface area contributed by atoms with Crippen LogP contribution in [0.2, 0.25) is 5.02 Å². The maximum Gasteiger partial charge on any atom is 0.165 e. The highest BCUT2D eigenvalue weighted by molar-refractivity contribution is 6.30. The number of benzene rings is 1. The Morgan fingerprint density at radius 2 is 2.17 bits per heavy atom. The Morgan fingerprint density at radius 3 is 2.96 bits per heavy atom. The van der Waals surface area contributed by atoms with Crippen molar-refractivity contribution in [2.24, 2.45) is 0 Å². The molecule has 0 aliphatic heterocycles. The van der Waals surface area contributed by atoms with Gasteiger partial charge in [0, 0.05) is 12.6 Å². The minimum Gasteiger partial charge on any atom is -0.382 e. The monoisotopic (exact) mass is 348 g/mol. The van der Waals surface area contributed by atoms with Crippen LogP contribution in [0.25, 0.3) is 11.2 Å². The zero-order valence-electron chi connectivity index (χ0n) is 13.2. The molecule has 0 saturated heterocycles.